The standard InChI is InChI=1S/C12H15BrN2O2/c1-17-11-5-3-2-4-10(11)14-6-8-15(9-7-14)12(13)16/h2-5H,6-9H2,1H3. The monoisotopic (exact) mass is 298 g/mol. The van der Waals surface area contributed by atoms with Crippen molar-refractivity contribution >= 4 is 26.4 Å². The molecule has 1 amide bonds. The molecule has 0 saturated carbocycles. The lowest BCUT2D eigenvalue weighted by atomic mass is 10.2. The second-order valence-corrected chi connectivity index (χ2v) is 4.58. The molecule has 0 N–H and O–H groups in total. The topological polar surface area (TPSA) is 32.8 Å². The first-order chi connectivity index (χ1) is 8.22. The van der Waals surface area contributed by atoms with Gasteiger partial charge in [0.05, 0.1) is 12.8 Å². The number of rotatable bonds is 2. The Bertz CT molecular complexity index is 403. The maximum Gasteiger partial charge on any atom is 0.289 e. The summed E-state index contributed by atoms with van der Waals surface area (Å²) in [4.78, 5) is 15.2. The fourth-order valence-corrected chi connectivity index (χ4v) is 2.37. The Hall–Kier alpha value is -1.23. The van der Waals surface area contributed by atoms with Crippen molar-refractivity contribution in [2.24, 2.45) is 0 Å². The Morgan fingerprint density at radius 1 is 1.24 bits per heavy atom. The van der Waals surface area contributed by atoms with Crippen LogP contribution in [0, 0.1) is 0 Å². The van der Waals surface area contributed by atoms with Crippen molar-refractivity contribution in [3.05, 3.63) is 24.3 Å². The van der Waals surface area contributed by atoms with Crippen molar-refractivity contribution < 1.29 is 9.53 Å². The van der Waals surface area contributed by atoms with Gasteiger partial charge in [-0.1, -0.05) is 12.1 Å². The summed E-state index contributed by atoms with van der Waals surface area (Å²) in [6, 6.07) is 7.96. The van der Waals surface area contributed by atoms with Gasteiger partial charge in [0, 0.05) is 42.1 Å². The molecule has 5 heteroatoms. The number of carbonyl (C=O) groups is 1. The fraction of sp³-hybridized carbons (Fsp3) is 0.417. The molecule has 1 heterocycles. The summed E-state index contributed by atoms with van der Waals surface area (Å²) in [5.41, 5.74) is 1.09. The lowest BCUT2D eigenvalue weighted by Gasteiger charge is -2.35. The fourth-order valence-electron chi connectivity index (χ4n) is 2.01. The molecular weight excluding hydrogens is 284 g/mol. The maximum absolute atomic E-state index is 11.2. The maximum atomic E-state index is 11.2. The van der Waals surface area contributed by atoms with Gasteiger partial charge in [0.25, 0.3) is 4.82 Å². The number of para-hydroxylation sites is 2. The predicted molar refractivity (Wildman–Crippen MR) is 71.1 cm³/mol. The van der Waals surface area contributed by atoms with Gasteiger partial charge in [-0.25, -0.2) is 0 Å². The second kappa shape index (κ2) is 5.40. The van der Waals surface area contributed by atoms with Crippen LogP contribution >= 0.6 is 15.9 Å². The van der Waals surface area contributed by atoms with Gasteiger partial charge >= 0.3 is 0 Å². The van der Waals surface area contributed by atoms with E-state index in [-0.39, 0.29) is 4.82 Å². The van der Waals surface area contributed by atoms with Crippen molar-refractivity contribution in [2.45, 2.75) is 0 Å². The van der Waals surface area contributed by atoms with E-state index in [1.807, 2.05) is 24.3 Å². The molecule has 1 aliphatic heterocycles. The third kappa shape index (κ3) is 2.72. The highest BCUT2D eigenvalue weighted by atomic mass is 79.9. The van der Waals surface area contributed by atoms with E-state index in [0.717, 1.165) is 37.6 Å². The number of carbonyl (C=O) groups excluding carboxylic acids is 1. The van der Waals surface area contributed by atoms with Gasteiger partial charge in [0.1, 0.15) is 5.75 Å². The summed E-state index contributed by atoms with van der Waals surface area (Å²) < 4.78 is 5.34. The Morgan fingerprint density at radius 3 is 2.47 bits per heavy atom. The van der Waals surface area contributed by atoms with E-state index in [9.17, 15) is 4.79 Å². The number of halogens is 1. The molecule has 2 rings (SSSR count). The Balaban J connectivity index is 2.07. The van der Waals surface area contributed by atoms with Crippen molar-refractivity contribution in [3.63, 3.8) is 0 Å². The first kappa shape index (κ1) is 12.2. The highest BCUT2D eigenvalue weighted by Crippen LogP contribution is 2.28. The minimum Gasteiger partial charge on any atom is -0.495 e. The molecule has 1 saturated heterocycles. The van der Waals surface area contributed by atoms with Crippen LogP contribution in [0.4, 0.5) is 10.5 Å². The smallest absolute Gasteiger partial charge is 0.289 e. The molecule has 0 spiro atoms. The molecule has 1 aromatic carbocycles. The minimum absolute atomic E-state index is 0.0304. The van der Waals surface area contributed by atoms with Gasteiger partial charge in [-0.3, -0.25) is 4.79 Å². The number of benzene rings is 1. The number of amides is 1. The molecule has 0 aliphatic carbocycles. The van der Waals surface area contributed by atoms with Gasteiger partial charge in [0.15, 0.2) is 0 Å². The average Bonchev–Trinajstić information content (AvgIpc) is 2.39. The molecule has 0 aromatic heterocycles. The van der Waals surface area contributed by atoms with Gasteiger partial charge in [0.2, 0.25) is 0 Å². The quantitative estimate of drug-likeness (QED) is 0.621. The third-order valence-electron chi connectivity index (χ3n) is 2.95. The normalized spacial score (nSPS) is 15.9. The summed E-state index contributed by atoms with van der Waals surface area (Å²) in [6.45, 7) is 3.14. The number of ether oxygens (including phenoxy) is 1. The molecule has 1 aliphatic rings. The Kier molecular flexibility index (Phi) is 3.89. The predicted octanol–water partition coefficient (Wildman–Crippen LogP) is 2.33. The molecule has 0 radical (unpaired) electrons. The van der Waals surface area contributed by atoms with Crippen LogP contribution in [0.2, 0.25) is 0 Å². The number of anilines is 1. The number of hydrogen-bond donors (Lipinski definition) is 0. The summed E-state index contributed by atoms with van der Waals surface area (Å²) >= 11 is 2.98. The number of methoxy groups -OCH3 is 1. The number of hydrogen-bond acceptors (Lipinski definition) is 3. The zero-order valence-electron chi connectivity index (χ0n) is 9.73. The minimum atomic E-state index is -0.0304. The molecule has 92 valence electrons. The van der Waals surface area contributed by atoms with E-state index >= 15 is 0 Å². The van der Waals surface area contributed by atoms with Gasteiger partial charge in [-0.2, -0.15) is 0 Å². The van der Waals surface area contributed by atoms with Crippen molar-refractivity contribution in [1.29, 1.82) is 0 Å². The molecule has 0 atom stereocenters. The highest BCUT2D eigenvalue weighted by Gasteiger charge is 2.21. The van der Waals surface area contributed by atoms with Crippen LogP contribution in [0.1, 0.15) is 0 Å². The van der Waals surface area contributed by atoms with Crippen molar-refractivity contribution in [3.8, 4) is 5.75 Å². The van der Waals surface area contributed by atoms with Gasteiger partial charge in [-0.15, -0.1) is 0 Å². The van der Waals surface area contributed by atoms with Crippen LogP contribution in [0.5, 0.6) is 5.75 Å². The largest absolute Gasteiger partial charge is 0.495 e. The van der Waals surface area contributed by atoms with Gasteiger partial charge in [-0.05, 0) is 12.1 Å². The SMILES string of the molecule is COc1ccccc1N1CCN(C(=O)Br)CC1. The van der Waals surface area contributed by atoms with E-state index in [0.29, 0.717) is 0 Å². The molecule has 1 aromatic rings. The number of nitrogens with zero attached hydrogens (tertiary/aromatic N) is 2. The van der Waals surface area contributed by atoms with E-state index in [1.165, 1.54) is 0 Å². The van der Waals surface area contributed by atoms with Crippen LogP contribution in [-0.2, 0) is 0 Å². The van der Waals surface area contributed by atoms with Gasteiger partial charge < -0.3 is 14.5 Å². The van der Waals surface area contributed by atoms with E-state index in [2.05, 4.69) is 20.8 Å². The molecule has 17 heavy (non-hydrogen) atoms. The molecule has 4 nitrogen and oxygen atoms in total. The zero-order chi connectivity index (χ0) is 12.3. The number of piperazine rings is 1. The third-order valence-corrected chi connectivity index (χ3v) is 3.46. The Labute approximate surface area is 109 Å². The van der Waals surface area contributed by atoms with Crippen LogP contribution in [-0.4, -0.2) is 43.0 Å². The summed E-state index contributed by atoms with van der Waals surface area (Å²) in [5.74, 6) is 0.881. The van der Waals surface area contributed by atoms with E-state index in [4.69, 9.17) is 4.74 Å². The average molecular weight is 299 g/mol. The summed E-state index contributed by atoms with van der Waals surface area (Å²) in [5, 5.41) is 0. The summed E-state index contributed by atoms with van der Waals surface area (Å²) in [6.07, 6.45) is 0. The molecule has 1 fully saturated rings. The molecule has 0 unspecified atom stereocenters. The first-order valence-corrected chi connectivity index (χ1v) is 6.34. The second-order valence-electron chi connectivity index (χ2n) is 3.90. The lowest BCUT2D eigenvalue weighted by molar-refractivity contribution is 0.220. The Morgan fingerprint density at radius 2 is 1.88 bits per heavy atom. The molecule has 0 bridgehead atoms. The van der Waals surface area contributed by atoms with E-state index in [1.54, 1.807) is 12.0 Å². The summed E-state index contributed by atoms with van der Waals surface area (Å²) in [7, 11) is 1.68. The van der Waals surface area contributed by atoms with Crippen LogP contribution < -0.4 is 9.64 Å². The first-order valence-electron chi connectivity index (χ1n) is 5.54. The van der Waals surface area contributed by atoms with Crippen molar-refractivity contribution in [2.75, 3.05) is 38.2 Å². The highest BCUT2D eigenvalue weighted by molar-refractivity contribution is 9.18. The molecular formula is C12H15BrN2O2. The van der Waals surface area contributed by atoms with Crippen LogP contribution in [0.3, 0.4) is 0 Å². The van der Waals surface area contributed by atoms with Crippen molar-refractivity contribution in [1.82, 2.24) is 4.90 Å². The van der Waals surface area contributed by atoms with Crippen LogP contribution in [0.25, 0.3) is 0 Å². The zero-order valence-corrected chi connectivity index (χ0v) is 11.3. The lowest BCUT2D eigenvalue weighted by Crippen LogP contribution is -2.47. The van der Waals surface area contributed by atoms with E-state index < -0.39 is 0 Å². The van der Waals surface area contributed by atoms with Crippen LogP contribution in [0.15, 0.2) is 24.3 Å².